The molecule has 6 aromatic carbocycles. The van der Waals surface area contributed by atoms with Gasteiger partial charge in [0.1, 0.15) is 0 Å². The summed E-state index contributed by atoms with van der Waals surface area (Å²) in [7, 11) is -2.03. The van der Waals surface area contributed by atoms with E-state index in [0.29, 0.717) is 0 Å². The molecular formula is C46H33N2S2Si-. The molecule has 11 rings (SSSR count). The maximum atomic E-state index is 2.52. The van der Waals surface area contributed by atoms with E-state index in [1.165, 1.54) is 85.6 Å². The summed E-state index contributed by atoms with van der Waals surface area (Å²) in [6, 6.07) is 58.6. The number of benzene rings is 6. The van der Waals surface area contributed by atoms with Crippen molar-refractivity contribution in [3.63, 3.8) is 0 Å². The van der Waals surface area contributed by atoms with Gasteiger partial charge in [0.2, 0.25) is 0 Å². The molecule has 244 valence electrons. The Kier molecular flexibility index (Phi) is 6.18. The van der Waals surface area contributed by atoms with Gasteiger partial charge in [0.25, 0.3) is 0 Å². The van der Waals surface area contributed by atoms with Crippen LogP contribution in [0.2, 0.25) is 13.1 Å². The summed E-state index contributed by atoms with van der Waals surface area (Å²) in [6.07, 6.45) is 0. The molecule has 0 saturated carbocycles. The van der Waals surface area contributed by atoms with Gasteiger partial charge in [-0.25, -0.2) is 0 Å². The molecule has 5 heterocycles. The third-order valence-corrected chi connectivity index (χ3v) is 17.9. The molecule has 4 aromatic heterocycles. The predicted octanol–water partition coefficient (Wildman–Crippen LogP) is 11.9. The molecular weight excluding hydrogens is 673 g/mol. The first-order valence-electron chi connectivity index (χ1n) is 17.7. The van der Waals surface area contributed by atoms with Gasteiger partial charge in [0.05, 0.1) is 11.0 Å². The van der Waals surface area contributed by atoms with E-state index in [4.69, 9.17) is 0 Å². The maximum absolute atomic E-state index is 2.52. The molecule has 0 aliphatic carbocycles. The molecule has 5 heteroatoms. The molecule has 0 spiro atoms. The summed E-state index contributed by atoms with van der Waals surface area (Å²) >= 11 is 3.86. The third-order valence-electron chi connectivity index (χ3n) is 11.2. The van der Waals surface area contributed by atoms with Crippen molar-refractivity contribution >= 4 is 83.4 Å². The van der Waals surface area contributed by atoms with E-state index in [1.807, 2.05) is 22.7 Å². The Bertz CT molecular complexity index is 2990. The van der Waals surface area contributed by atoms with E-state index in [0.717, 1.165) is 0 Å². The van der Waals surface area contributed by atoms with Crippen molar-refractivity contribution in [3.8, 4) is 43.4 Å². The Labute approximate surface area is 305 Å². The SMILES string of the molecule is C[SiH-]1(C)c2ccccc2-c2cc(-c3cc4c(s3)c3sc(-c5ccc6c(c5)c5ccccc5n6-c5ccccc5)cc3n4-c3ccccc3)ccc21. The average Bonchev–Trinajstić information content (AvgIpc) is 3.97. The van der Waals surface area contributed by atoms with Gasteiger partial charge in [0, 0.05) is 16.5 Å². The topological polar surface area (TPSA) is 9.86 Å². The first kappa shape index (κ1) is 29.3. The summed E-state index contributed by atoms with van der Waals surface area (Å²) < 4.78 is 7.58. The molecule has 1 aliphatic heterocycles. The van der Waals surface area contributed by atoms with Crippen molar-refractivity contribution in [1.29, 1.82) is 0 Å². The van der Waals surface area contributed by atoms with E-state index in [2.05, 4.69) is 180 Å². The fourth-order valence-corrected chi connectivity index (χ4v) is 14.8. The summed E-state index contributed by atoms with van der Waals surface area (Å²) in [5, 5.41) is 5.72. The Morgan fingerprint density at radius 3 is 1.65 bits per heavy atom. The Hall–Kier alpha value is -5.46. The molecule has 0 N–H and O–H groups in total. The monoisotopic (exact) mass is 705 g/mol. The van der Waals surface area contributed by atoms with Crippen molar-refractivity contribution < 1.29 is 0 Å². The van der Waals surface area contributed by atoms with Gasteiger partial charge < -0.3 is 4.57 Å². The van der Waals surface area contributed by atoms with Gasteiger partial charge in [-0.3, -0.25) is 0 Å². The van der Waals surface area contributed by atoms with Gasteiger partial charge in [-0.1, -0.05) is 36.4 Å². The fourth-order valence-electron chi connectivity index (χ4n) is 8.78. The molecule has 0 saturated heterocycles. The van der Waals surface area contributed by atoms with E-state index >= 15 is 0 Å². The van der Waals surface area contributed by atoms with E-state index in [9.17, 15) is 0 Å². The van der Waals surface area contributed by atoms with Crippen LogP contribution in [0.15, 0.2) is 158 Å². The second-order valence-corrected chi connectivity index (χ2v) is 21.6. The fraction of sp³-hybridized carbons (Fsp3) is 0.0435. The normalized spacial score (nSPS) is 14.1. The van der Waals surface area contributed by atoms with Crippen LogP contribution in [-0.4, -0.2) is 17.2 Å². The average molecular weight is 706 g/mol. The van der Waals surface area contributed by atoms with Crippen LogP contribution < -0.4 is 10.4 Å². The Morgan fingerprint density at radius 2 is 0.941 bits per heavy atom. The van der Waals surface area contributed by atoms with Crippen LogP contribution in [0.5, 0.6) is 0 Å². The number of thiophene rings is 2. The molecule has 0 atom stereocenters. The first-order valence-corrected chi connectivity index (χ1v) is 22.8. The van der Waals surface area contributed by atoms with Crippen LogP contribution in [-0.2, 0) is 0 Å². The van der Waals surface area contributed by atoms with Crippen LogP contribution in [0.1, 0.15) is 0 Å². The van der Waals surface area contributed by atoms with Crippen LogP contribution in [0.4, 0.5) is 0 Å². The molecule has 2 nitrogen and oxygen atoms in total. The molecule has 51 heavy (non-hydrogen) atoms. The summed E-state index contributed by atoms with van der Waals surface area (Å²) in [5.41, 5.74) is 12.9. The number of hydrogen-bond donors (Lipinski definition) is 0. The number of para-hydroxylation sites is 3. The molecule has 0 bridgehead atoms. The molecule has 0 fully saturated rings. The van der Waals surface area contributed by atoms with Crippen molar-refractivity contribution in [3.05, 3.63) is 158 Å². The van der Waals surface area contributed by atoms with Crippen LogP contribution in [0, 0.1) is 0 Å². The zero-order valence-corrected chi connectivity index (χ0v) is 31.1. The summed E-state index contributed by atoms with van der Waals surface area (Å²) in [6.45, 7) is 5.04. The zero-order chi connectivity index (χ0) is 33.8. The van der Waals surface area contributed by atoms with Crippen molar-refractivity contribution in [2.45, 2.75) is 13.1 Å². The third kappa shape index (κ3) is 4.20. The quantitative estimate of drug-likeness (QED) is 0.161. The van der Waals surface area contributed by atoms with Gasteiger partial charge in [0.15, 0.2) is 0 Å². The second-order valence-electron chi connectivity index (χ2n) is 14.5. The van der Waals surface area contributed by atoms with Crippen LogP contribution in [0.25, 0.3) is 85.6 Å². The van der Waals surface area contributed by atoms with Gasteiger partial charge >= 0.3 is 214 Å². The van der Waals surface area contributed by atoms with Gasteiger partial charge in [-0.05, 0) is 24.3 Å². The second kappa shape index (κ2) is 10.8. The minimum atomic E-state index is -2.03. The van der Waals surface area contributed by atoms with Crippen LogP contribution in [0.3, 0.4) is 0 Å². The van der Waals surface area contributed by atoms with E-state index in [-0.39, 0.29) is 0 Å². The van der Waals surface area contributed by atoms with Crippen LogP contribution >= 0.6 is 22.7 Å². The number of nitrogens with zero attached hydrogens (tertiary/aromatic N) is 2. The zero-order valence-electron chi connectivity index (χ0n) is 28.3. The van der Waals surface area contributed by atoms with Crippen molar-refractivity contribution in [2.75, 3.05) is 0 Å². The number of aromatic nitrogens is 2. The molecule has 0 radical (unpaired) electrons. The number of rotatable bonds is 4. The molecule has 0 amide bonds. The van der Waals surface area contributed by atoms with E-state index in [1.54, 1.807) is 10.4 Å². The molecule has 1 aliphatic rings. The molecule has 10 aromatic rings. The molecule has 0 unspecified atom stereocenters. The standard InChI is InChI=1S/C46H33N2S2Si/c1-51(2)43-20-12-10-18-34(43)36-26-30(22-24-44(36)51)42-28-40-46(50-42)45-39(48(40)32-15-7-4-8-16-32)27-41(49-45)29-21-23-38-35(25-29)33-17-9-11-19-37(33)47(38)31-13-5-3-6-14-31/h3-28,51H,1-2H3/q-1. The summed E-state index contributed by atoms with van der Waals surface area (Å²) in [4.78, 5) is 2.62. The number of fused-ring (bicyclic) bond motifs is 9. The number of hydrogen-bond acceptors (Lipinski definition) is 2. The van der Waals surface area contributed by atoms with Crippen molar-refractivity contribution in [1.82, 2.24) is 9.13 Å². The van der Waals surface area contributed by atoms with E-state index < -0.39 is 8.07 Å². The van der Waals surface area contributed by atoms with Gasteiger partial charge in [-0.15, -0.1) is 0 Å². The summed E-state index contributed by atoms with van der Waals surface area (Å²) in [5.74, 6) is 0. The Balaban J connectivity index is 1.09. The predicted molar refractivity (Wildman–Crippen MR) is 225 cm³/mol. The Morgan fingerprint density at radius 1 is 0.412 bits per heavy atom. The minimum absolute atomic E-state index is 1.19. The van der Waals surface area contributed by atoms with Crippen molar-refractivity contribution in [2.24, 2.45) is 0 Å². The first-order chi connectivity index (χ1) is 25.0. The van der Waals surface area contributed by atoms with Gasteiger partial charge in [-0.2, -0.15) is 0 Å².